The summed E-state index contributed by atoms with van der Waals surface area (Å²) in [5, 5.41) is 8.19. The summed E-state index contributed by atoms with van der Waals surface area (Å²) in [6, 6.07) is 4.54. The number of aromatic carboxylic acids is 1. The molecule has 1 aromatic heterocycles. The normalized spacial score (nSPS) is 13.6. The van der Waals surface area contributed by atoms with Crippen LogP contribution in [0.3, 0.4) is 0 Å². The van der Waals surface area contributed by atoms with Gasteiger partial charge in [-0.2, -0.15) is 0 Å². The second-order valence-corrected chi connectivity index (χ2v) is 6.88. The summed E-state index contributed by atoms with van der Waals surface area (Å²) in [5.74, 6) is -0.634. The van der Waals surface area contributed by atoms with E-state index in [9.17, 15) is 13.2 Å². The molecule has 6 nitrogen and oxygen atoms in total. The fraction of sp³-hybridized carbons (Fsp3) is 0.333. The number of benzene rings is 1. The van der Waals surface area contributed by atoms with Gasteiger partial charge in [0, 0.05) is 13.3 Å². The summed E-state index contributed by atoms with van der Waals surface area (Å²) < 4.78 is 24.9. The third-order valence-electron chi connectivity index (χ3n) is 3.17. The molecule has 1 aromatic carbocycles. The average molecular weight is 282 g/mol. The first-order valence-corrected chi connectivity index (χ1v) is 7.56. The van der Waals surface area contributed by atoms with Crippen LogP contribution in [-0.4, -0.2) is 35.3 Å². The van der Waals surface area contributed by atoms with Crippen LogP contribution in [0, 0.1) is 0 Å². The predicted octanol–water partition coefficient (Wildman–Crippen LogP) is 1.38. The zero-order chi connectivity index (χ0) is 14.4. The fourth-order valence-corrected chi connectivity index (χ4v) is 2.50. The smallest absolute Gasteiger partial charge is 0.335 e. The van der Waals surface area contributed by atoms with Crippen LogP contribution in [0.1, 0.15) is 28.4 Å². The molecule has 19 heavy (non-hydrogen) atoms. The van der Waals surface area contributed by atoms with Crippen LogP contribution in [-0.2, 0) is 16.9 Å². The zero-order valence-electron chi connectivity index (χ0n) is 10.8. The number of hydrogen-bond acceptors (Lipinski definition) is 4. The lowest BCUT2D eigenvalue weighted by atomic mass is 10.2. The van der Waals surface area contributed by atoms with E-state index in [1.165, 1.54) is 12.1 Å². The highest BCUT2D eigenvalue weighted by atomic mass is 32.2. The van der Waals surface area contributed by atoms with Gasteiger partial charge in [0.25, 0.3) is 0 Å². The Kier molecular flexibility index (Phi) is 3.09. The summed E-state index contributed by atoms with van der Waals surface area (Å²) in [7, 11) is -1.54. The topological polar surface area (TPSA) is 89.3 Å². The van der Waals surface area contributed by atoms with Crippen LogP contribution in [0.5, 0.6) is 0 Å². The van der Waals surface area contributed by atoms with Gasteiger partial charge in [0.05, 0.1) is 16.6 Å². The Hall–Kier alpha value is -1.89. The molecule has 0 radical (unpaired) electrons. The second-order valence-electron chi connectivity index (χ2n) is 4.51. The maximum atomic E-state index is 11.6. The number of hydrogen-bond donors (Lipinski definition) is 1. The molecule has 0 saturated carbocycles. The van der Waals surface area contributed by atoms with Gasteiger partial charge < -0.3 is 9.67 Å². The standard InChI is InChI=1S/C12H14N2O4S/c1-7(19(3,17)18)11-13-9-6-8(12(15)16)4-5-10(9)14(11)2/h4-7H,1-3H3,(H,15,16). The van der Waals surface area contributed by atoms with Crippen molar-refractivity contribution in [1.82, 2.24) is 9.55 Å². The fourth-order valence-electron chi connectivity index (χ4n) is 1.91. The number of carboxylic acid groups (broad SMARTS) is 1. The Balaban J connectivity index is 2.66. The molecule has 0 amide bonds. The highest BCUT2D eigenvalue weighted by molar-refractivity contribution is 7.90. The summed E-state index contributed by atoms with van der Waals surface area (Å²) in [6.45, 7) is 1.56. The van der Waals surface area contributed by atoms with E-state index in [0.29, 0.717) is 16.9 Å². The van der Waals surface area contributed by atoms with Gasteiger partial charge in [-0.3, -0.25) is 0 Å². The number of aryl methyl sites for hydroxylation is 1. The van der Waals surface area contributed by atoms with Crippen molar-refractivity contribution in [3.63, 3.8) is 0 Å². The number of fused-ring (bicyclic) bond motifs is 1. The molecule has 0 aliphatic rings. The third-order valence-corrected chi connectivity index (χ3v) is 4.66. The monoisotopic (exact) mass is 282 g/mol. The molecule has 2 rings (SSSR count). The maximum Gasteiger partial charge on any atom is 0.335 e. The molecular weight excluding hydrogens is 268 g/mol. The molecule has 0 bridgehead atoms. The maximum absolute atomic E-state index is 11.6. The Bertz CT molecular complexity index is 761. The van der Waals surface area contributed by atoms with Crippen LogP contribution in [0.2, 0.25) is 0 Å². The highest BCUT2D eigenvalue weighted by Gasteiger charge is 2.23. The predicted molar refractivity (Wildman–Crippen MR) is 70.9 cm³/mol. The molecule has 1 heterocycles. The van der Waals surface area contributed by atoms with E-state index in [4.69, 9.17) is 5.11 Å². The minimum Gasteiger partial charge on any atom is -0.478 e. The number of carboxylic acids is 1. The summed E-state index contributed by atoms with van der Waals surface area (Å²) >= 11 is 0. The van der Waals surface area contributed by atoms with E-state index >= 15 is 0 Å². The van der Waals surface area contributed by atoms with Gasteiger partial charge in [0.1, 0.15) is 11.1 Å². The van der Waals surface area contributed by atoms with Gasteiger partial charge in [0.2, 0.25) is 0 Å². The SMILES string of the molecule is CC(c1nc2cc(C(=O)O)ccc2n1C)S(C)(=O)=O. The van der Waals surface area contributed by atoms with E-state index < -0.39 is 21.1 Å². The lowest BCUT2D eigenvalue weighted by molar-refractivity contribution is 0.0697. The third kappa shape index (κ3) is 2.33. The first kappa shape index (κ1) is 13.5. The van der Waals surface area contributed by atoms with Gasteiger partial charge in [0.15, 0.2) is 9.84 Å². The molecule has 0 fully saturated rings. The number of imidazole rings is 1. The van der Waals surface area contributed by atoms with E-state index in [-0.39, 0.29) is 5.56 Å². The molecular formula is C12H14N2O4S. The van der Waals surface area contributed by atoms with Crippen LogP contribution in [0.15, 0.2) is 18.2 Å². The second kappa shape index (κ2) is 4.34. The van der Waals surface area contributed by atoms with Crippen LogP contribution in [0.25, 0.3) is 11.0 Å². The van der Waals surface area contributed by atoms with Gasteiger partial charge in [-0.1, -0.05) is 0 Å². The van der Waals surface area contributed by atoms with Gasteiger partial charge in [-0.15, -0.1) is 0 Å². The Morgan fingerprint density at radius 3 is 2.58 bits per heavy atom. The Morgan fingerprint density at radius 2 is 2.05 bits per heavy atom. The summed E-state index contributed by atoms with van der Waals surface area (Å²) in [4.78, 5) is 15.1. The molecule has 102 valence electrons. The minimum absolute atomic E-state index is 0.129. The van der Waals surface area contributed by atoms with Crippen molar-refractivity contribution in [2.75, 3.05) is 6.26 Å². The molecule has 0 spiro atoms. The van der Waals surface area contributed by atoms with Crippen LogP contribution >= 0.6 is 0 Å². The molecule has 7 heteroatoms. The van der Waals surface area contributed by atoms with Gasteiger partial charge in [-0.25, -0.2) is 18.2 Å². The summed E-state index contributed by atoms with van der Waals surface area (Å²) in [5.41, 5.74) is 1.31. The first-order valence-electron chi connectivity index (χ1n) is 5.60. The van der Waals surface area contributed by atoms with Crippen molar-refractivity contribution >= 4 is 26.8 Å². The number of carbonyl (C=O) groups is 1. The quantitative estimate of drug-likeness (QED) is 0.918. The van der Waals surface area contributed by atoms with Crippen molar-refractivity contribution in [2.45, 2.75) is 12.2 Å². The van der Waals surface area contributed by atoms with Crippen LogP contribution in [0.4, 0.5) is 0 Å². The van der Waals surface area contributed by atoms with E-state index in [0.717, 1.165) is 6.26 Å². The molecule has 2 aromatic rings. The average Bonchev–Trinajstić information content (AvgIpc) is 2.64. The molecule has 1 unspecified atom stereocenters. The van der Waals surface area contributed by atoms with Crippen molar-refractivity contribution in [1.29, 1.82) is 0 Å². The number of rotatable bonds is 3. The van der Waals surface area contributed by atoms with E-state index in [1.54, 1.807) is 24.6 Å². The van der Waals surface area contributed by atoms with Crippen LogP contribution < -0.4 is 0 Å². The number of aromatic nitrogens is 2. The molecule has 0 aliphatic carbocycles. The Morgan fingerprint density at radius 1 is 1.42 bits per heavy atom. The Labute approximate surface area is 110 Å². The number of sulfone groups is 1. The van der Waals surface area contributed by atoms with Gasteiger partial charge >= 0.3 is 5.97 Å². The summed E-state index contributed by atoms with van der Waals surface area (Å²) in [6.07, 6.45) is 1.15. The van der Waals surface area contributed by atoms with E-state index in [1.807, 2.05) is 0 Å². The van der Waals surface area contributed by atoms with Crippen molar-refractivity contribution in [3.8, 4) is 0 Å². The molecule has 1 atom stereocenters. The largest absolute Gasteiger partial charge is 0.478 e. The zero-order valence-corrected chi connectivity index (χ0v) is 11.6. The molecule has 0 saturated heterocycles. The van der Waals surface area contributed by atoms with Crippen molar-refractivity contribution in [3.05, 3.63) is 29.6 Å². The van der Waals surface area contributed by atoms with Gasteiger partial charge in [-0.05, 0) is 25.1 Å². The molecule has 0 aliphatic heterocycles. The van der Waals surface area contributed by atoms with Crippen molar-refractivity contribution < 1.29 is 18.3 Å². The van der Waals surface area contributed by atoms with Crippen molar-refractivity contribution in [2.24, 2.45) is 7.05 Å². The minimum atomic E-state index is -3.25. The molecule has 1 N–H and O–H groups in total. The number of nitrogens with zero attached hydrogens (tertiary/aromatic N) is 2. The lowest BCUT2D eigenvalue weighted by Gasteiger charge is -2.08. The first-order chi connectivity index (χ1) is 8.71. The highest BCUT2D eigenvalue weighted by Crippen LogP contribution is 2.24. The lowest BCUT2D eigenvalue weighted by Crippen LogP contribution is -2.12. The van der Waals surface area contributed by atoms with E-state index in [2.05, 4.69) is 4.98 Å².